The molecule has 2 aromatic carbocycles. The van der Waals surface area contributed by atoms with Gasteiger partial charge in [-0.15, -0.1) is 0 Å². The zero-order chi connectivity index (χ0) is 20.2. The van der Waals surface area contributed by atoms with Crippen LogP contribution >= 0.6 is 0 Å². The highest BCUT2D eigenvalue weighted by molar-refractivity contribution is 5.86. The first kappa shape index (κ1) is 18.5. The molecule has 0 N–H and O–H groups in total. The summed E-state index contributed by atoms with van der Waals surface area (Å²) in [4.78, 5) is 11.5. The normalized spacial score (nSPS) is 13.0. The second-order valence-electron chi connectivity index (χ2n) is 8.76. The lowest BCUT2D eigenvalue weighted by Crippen LogP contribution is -2.21. The third-order valence-electron chi connectivity index (χ3n) is 5.20. The molecular weight excluding hydrogens is 346 g/mol. The second-order valence-corrected chi connectivity index (χ2v) is 8.76. The van der Waals surface area contributed by atoms with Crippen molar-refractivity contribution in [2.45, 2.75) is 53.9 Å². The number of nitrogens with zero attached hydrogens (tertiary/aromatic N) is 3. The summed E-state index contributed by atoms with van der Waals surface area (Å²) in [5.41, 5.74) is 8.05. The van der Waals surface area contributed by atoms with Crippen LogP contribution in [-0.4, -0.2) is 9.97 Å². The highest BCUT2D eigenvalue weighted by atomic mass is 16.5. The Labute approximate surface area is 167 Å². The molecule has 4 rings (SSSR count). The minimum absolute atomic E-state index is 0.0991. The van der Waals surface area contributed by atoms with Crippen LogP contribution < -0.4 is 9.64 Å². The van der Waals surface area contributed by atoms with E-state index in [0.29, 0.717) is 5.88 Å². The van der Waals surface area contributed by atoms with Gasteiger partial charge in [0.25, 0.3) is 5.88 Å². The predicted octanol–water partition coefficient (Wildman–Crippen LogP) is 6.58. The molecule has 0 spiro atoms. The Bertz CT molecular complexity index is 1010. The first-order chi connectivity index (χ1) is 13.1. The average molecular weight is 374 g/mol. The minimum Gasteiger partial charge on any atom is -0.434 e. The monoisotopic (exact) mass is 373 g/mol. The fourth-order valence-electron chi connectivity index (χ4n) is 3.75. The number of benzene rings is 2. The Morgan fingerprint density at radius 3 is 2.25 bits per heavy atom. The van der Waals surface area contributed by atoms with E-state index in [1.54, 1.807) is 6.20 Å². The standard InChI is InChI=1S/C24H27N3O/c1-14-8-9-20-19(10-14)27(22-23(28-20)25-13-17(4)26-22)21-15(2)11-18(12-16(21)3)24(5,6)7/h8-13H,1-7H3. The van der Waals surface area contributed by atoms with Crippen molar-refractivity contribution >= 4 is 17.2 Å². The van der Waals surface area contributed by atoms with E-state index in [2.05, 4.69) is 75.7 Å². The lowest BCUT2D eigenvalue weighted by Gasteiger charge is -2.34. The maximum atomic E-state index is 6.08. The molecule has 1 aliphatic heterocycles. The van der Waals surface area contributed by atoms with Crippen molar-refractivity contribution in [2.24, 2.45) is 0 Å². The number of hydrogen-bond donors (Lipinski definition) is 0. The molecule has 0 aliphatic carbocycles. The molecule has 3 aromatic rings. The third kappa shape index (κ3) is 3.03. The van der Waals surface area contributed by atoms with E-state index >= 15 is 0 Å². The molecule has 0 radical (unpaired) electrons. The van der Waals surface area contributed by atoms with Gasteiger partial charge in [0.1, 0.15) is 0 Å². The Kier molecular flexibility index (Phi) is 4.18. The van der Waals surface area contributed by atoms with Crippen molar-refractivity contribution in [1.29, 1.82) is 0 Å². The number of aromatic nitrogens is 2. The van der Waals surface area contributed by atoms with Crippen molar-refractivity contribution in [3.05, 3.63) is 64.5 Å². The fraction of sp³-hybridized carbons (Fsp3) is 0.333. The molecule has 0 saturated carbocycles. The lowest BCUT2D eigenvalue weighted by atomic mass is 9.84. The van der Waals surface area contributed by atoms with Gasteiger partial charge in [-0.3, -0.25) is 4.90 Å². The van der Waals surface area contributed by atoms with Crippen molar-refractivity contribution in [3.63, 3.8) is 0 Å². The van der Waals surface area contributed by atoms with Crippen LogP contribution in [0.2, 0.25) is 0 Å². The van der Waals surface area contributed by atoms with E-state index in [1.807, 2.05) is 13.0 Å². The van der Waals surface area contributed by atoms with E-state index < -0.39 is 0 Å². The fourth-order valence-corrected chi connectivity index (χ4v) is 3.75. The summed E-state index contributed by atoms with van der Waals surface area (Å²) in [6.45, 7) is 15.1. The molecule has 1 aliphatic rings. The third-order valence-corrected chi connectivity index (χ3v) is 5.20. The molecule has 4 nitrogen and oxygen atoms in total. The van der Waals surface area contributed by atoms with Crippen LogP contribution in [-0.2, 0) is 5.41 Å². The minimum atomic E-state index is 0.0991. The van der Waals surface area contributed by atoms with Gasteiger partial charge in [-0.05, 0) is 67.5 Å². The van der Waals surface area contributed by atoms with Gasteiger partial charge in [-0.1, -0.05) is 39.0 Å². The van der Waals surface area contributed by atoms with Crippen LogP contribution in [0.15, 0.2) is 36.5 Å². The molecule has 0 atom stereocenters. The van der Waals surface area contributed by atoms with Gasteiger partial charge in [0.05, 0.1) is 23.3 Å². The van der Waals surface area contributed by atoms with Crippen LogP contribution in [0.25, 0.3) is 0 Å². The van der Waals surface area contributed by atoms with Gasteiger partial charge in [-0.25, -0.2) is 9.97 Å². The summed E-state index contributed by atoms with van der Waals surface area (Å²) in [7, 11) is 0. The van der Waals surface area contributed by atoms with E-state index in [0.717, 1.165) is 28.6 Å². The van der Waals surface area contributed by atoms with E-state index in [1.165, 1.54) is 22.3 Å². The quantitative estimate of drug-likeness (QED) is 0.377. The lowest BCUT2D eigenvalue weighted by molar-refractivity contribution is 0.453. The summed E-state index contributed by atoms with van der Waals surface area (Å²) in [5, 5.41) is 0. The molecule has 144 valence electrons. The van der Waals surface area contributed by atoms with Crippen molar-refractivity contribution in [1.82, 2.24) is 9.97 Å². The Balaban J connectivity index is 2.00. The number of rotatable bonds is 1. The van der Waals surface area contributed by atoms with E-state index in [9.17, 15) is 0 Å². The first-order valence-corrected chi connectivity index (χ1v) is 9.69. The zero-order valence-corrected chi connectivity index (χ0v) is 17.7. The number of hydrogen-bond acceptors (Lipinski definition) is 4. The van der Waals surface area contributed by atoms with Gasteiger partial charge < -0.3 is 4.74 Å². The van der Waals surface area contributed by atoms with Crippen LogP contribution in [0.5, 0.6) is 11.6 Å². The van der Waals surface area contributed by atoms with Gasteiger partial charge in [0.2, 0.25) is 5.82 Å². The second kappa shape index (κ2) is 6.33. The predicted molar refractivity (Wildman–Crippen MR) is 114 cm³/mol. The van der Waals surface area contributed by atoms with Crippen molar-refractivity contribution in [3.8, 4) is 11.6 Å². The maximum absolute atomic E-state index is 6.08. The molecule has 1 aromatic heterocycles. The number of aryl methyl sites for hydroxylation is 4. The first-order valence-electron chi connectivity index (χ1n) is 9.69. The van der Waals surface area contributed by atoms with Gasteiger partial charge in [0.15, 0.2) is 5.75 Å². The van der Waals surface area contributed by atoms with Crippen LogP contribution in [0.4, 0.5) is 17.2 Å². The molecule has 2 heterocycles. The molecule has 0 fully saturated rings. The average Bonchev–Trinajstić information content (AvgIpc) is 2.60. The molecule has 0 bridgehead atoms. The summed E-state index contributed by atoms with van der Waals surface area (Å²) >= 11 is 0. The van der Waals surface area contributed by atoms with Crippen molar-refractivity contribution in [2.75, 3.05) is 4.90 Å². The van der Waals surface area contributed by atoms with Gasteiger partial charge in [0, 0.05) is 0 Å². The summed E-state index contributed by atoms with van der Waals surface area (Å²) in [6, 6.07) is 10.8. The van der Waals surface area contributed by atoms with Gasteiger partial charge >= 0.3 is 0 Å². The SMILES string of the molecule is Cc1ccc2c(c1)N(c1c(C)cc(C(C)(C)C)cc1C)c1nc(C)cnc1O2. The van der Waals surface area contributed by atoms with Gasteiger partial charge in [-0.2, -0.15) is 0 Å². The highest BCUT2D eigenvalue weighted by Gasteiger charge is 2.31. The number of fused-ring (bicyclic) bond motifs is 2. The molecule has 0 amide bonds. The van der Waals surface area contributed by atoms with E-state index in [-0.39, 0.29) is 5.41 Å². The number of anilines is 3. The Hall–Kier alpha value is -2.88. The number of ether oxygens (including phenoxy) is 1. The van der Waals surface area contributed by atoms with Crippen molar-refractivity contribution < 1.29 is 4.74 Å². The van der Waals surface area contributed by atoms with Crippen LogP contribution in [0.1, 0.15) is 48.7 Å². The maximum Gasteiger partial charge on any atom is 0.263 e. The van der Waals surface area contributed by atoms with E-state index in [4.69, 9.17) is 9.72 Å². The smallest absolute Gasteiger partial charge is 0.263 e. The molecule has 28 heavy (non-hydrogen) atoms. The molecule has 4 heteroatoms. The molecule has 0 unspecified atom stereocenters. The Morgan fingerprint density at radius 1 is 0.929 bits per heavy atom. The highest BCUT2D eigenvalue weighted by Crippen LogP contribution is 2.50. The molecular formula is C24H27N3O. The molecule has 0 saturated heterocycles. The summed E-state index contributed by atoms with van der Waals surface area (Å²) in [6.07, 6.45) is 1.75. The largest absolute Gasteiger partial charge is 0.434 e. The van der Waals surface area contributed by atoms with Crippen LogP contribution in [0, 0.1) is 27.7 Å². The van der Waals surface area contributed by atoms with Crippen LogP contribution in [0.3, 0.4) is 0 Å². The Morgan fingerprint density at radius 2 is 1.61 bits per heavy atom. The summed E-state index contributed by atoms with van der Waals surface area (Å²) in [5.74, 6) is 2.09. The zero-order valence-electron chi connectivity index (χ0n) is 17.7. The summed E-state index contributed by atoms with van der Waals surface area (Å²) < 4.78 is 6.08. The topological polar surface area (TPSA) is 38.2 Å².